The number of amides is 2. The van der Waals surface area contributed by atoms with Crippen LogP contribution in [0, 0.1) is 0 Å². The van der Waals surface area contributed by atoms with Crippen molar-refractivity contribution in [3.8, 4) is 0 Å². The number of hydrogen-bond acceptors (Lipinski definition) is 7. The summed E-state index contributed by atoms with van der Waals surface area (Å²) < 4.78 is 6.53. The molecule has 2 aromatic heterocycles. The summed E-state index contributed by atoms with van der Waals surface area (Å²) in [5.41, 5.74) is 1.39. The van der Waals surface area contributed by atoms with E-state index in [4.69, 9.17) is 4.74 Å². The lowest BCUT2D eigenvalue weighted by molar-refractivity contribution is 0.0303. The molecule has 0 N–H and O–H groups in total. The molecular weight excluding hydrogens is 386 g/mol. The summed E-state index contributed by atoms with van der Waals surface area (Å²) in [6, 6.07) is 1.69. The number of morpholine rings is 1. The van der Waals surface area contributed by atoms with E-state index in [2.05, 4.69) is 20.0 Å². The molecule has 2 amide bonds. The Bertz CT molecular complexity index is 813. The van der Waals surface area contributed by atoms with Gasteiger partial charge in [0.1, 0.15) is 6.33 Å². The summed E-state index contributed by atoms with van der Waals surface area (Å²) in [5, 5.41) is 4.11. The Morgan fingerprint density at radius 3 is 2.43 bits per heavy atom. The smallest absolute Gasteiger partial charge is 0.344 e. The van der Waals surface area contributed by atoms with Crippen LogP contribution in [0.4, 0.5) is 4.79 Å². The lowest BCUT2D eigenvalue weighted by Crippen LogP contribution is -2.49. The molecule has 10 nitrogen and oxygen atoms in total. The average molecular weight is 415 g/mol. The second-order valence-electron chi connectivity index (χ2n) is 6.82. The van der Waals surface area contributed by atoms with E-state index in [9.17, 15) is 9.59 Å². The predicted octanol–water partition coefficient (Wildman–Crippen LogP) is 0.958. The van der Waals surface area contributed by atoms with Crippen LogP contribution in [0.15, 0.2) is 31.0 Å². The van der Waals surface area contributed by atoms with Crippen LogP contribution >= 0.6 is 0 Å². The molecule has 162 valence electrons. The van der Waals surface area contributed by atoms with E-state index in [0.29, 0.717) is 45.0 Å². The highest BCUT2D eigenvalue weighted by Gasteiger charge is 2.25. The molecule has 0 atom stereocenters. The van der Waals surface area contributed by atoms with Gasteiger partial charge in [-0.2, -0.15) is 9.78 Å². The second-order valence-corrected chi connectivity index (χ2v) is 6.82. The summed E-state index contributed by atoms with van der Waals surface area (Å²) in [4.78, 5) is 39.1. The molecule has 0 aromatic carbocycles. The third-order valence-electron chi connectivity index (χ3n) is 5.00. The Morgan fingerprint density at radius 2 is 1.77 bits per heavy atom. The molecule has 4 rings (SSSR count). The number of aromatic nitrogens is 4. The Labute approximate surface area is 176 Å². The first-order valence-electron chi connectivity index (χ1n) is 10.4. The fraction of sp³-hybridized carbons (Fsp3) is 0.550. The van der Waals surface area contributed by atoms with Crippen molar-refractivity contribution in [2.45, 2.75) is 20.4 Å². The predicted molar refractivity (Wildman–Crippen MR) is 110 cm³/mol. The molecule has 0 bridgehead atoms. The highest BCUT2D eigenvalue weighted by atomic mass is 16.5. The van der Waals surface area contributed by atoms with Crippen molar-refractivity contribution >= 4 is 11.9 Å². The van der Waals surface area contributed by atoms with Gasteiger partial charge in [0.05, 0.1) is 30.7 Å². The van der Waals surface area contributed by atoms with Crippen molar-refractivity contribution in [3.63, 3.8) is 0 Å². The van der Waals surface area contributed by atoms with Gasteiger partial charge >= 0.3 is 6.03 Å². The summed E-state index contributed by atoms with van der Waals surface area (Å²) >= 11 is 0. The van der Waals surface area contributed by atoms with Crippen molar-refractivity contribution in [2.75, 3.05) is 52.5 Å². The lowest BCUT2D eigenvalue weighted by atomic mass is 10.3. The number of rotatable bonds is 3. The average Bonchev–Trinajstić information content (AvgIpc) is 3.31. The molecule has 2 aromatic rings. The Hall–Kier alpha value is -2.85. The Morgan fingerprint density at radius 1 is 1.03 bits per heavy atom. The Balaban J connectivity index is 0.00000124. The molecule has 2 saturated heterocycles. The monoisotopic (exact) mass is 415 g/mol. The van der Waals surface area contributed by atoms with Crippen LogP contribution in [0.2, 0.25) is 0 Å². The van der Waals surface area contributed by atoms with E-state index >= 15 is 0 Å². The molecule has 30 heavy (non-hydrogen) atoms. The zero-order valence-corrected chi connectivity index (χ0v) is 17.6. The summed E-state index contributed by atoms with van der Waals surface area (Å²) in [7, 11) is 0. The van der Waals surface area contributed by atoms with Gasteiger partial charge in [0.2, 0.25) is 0 Å². The first-order chi connectivity index (χ1) is 14.7. The lowest BCUT2D eigenvalue weighted by Gasteiger charge is -2.34. The van der Waals surface area contributed by atoms with Crippen molar-refractivity contribution in [1.29, 1.82) is 0 Å². The van der Waals surface area contributed by atoms with Crippen molar-refractivity contribution < 1.29 is 14.3 Å². The first kappa shape index (κ1) is 21.8. The molecule has 0 saturated carbocycles. The molecule has 10 heteroatoms. The largest absolute Gasteiger partial charge is 0.378 e. The molecular formula is C20H29N7O3. The van der Waals surface area contributed by atoms with Gasteiger partial charge in [-0.25, -0.2) is 14.8 Å². The highest BCUT2D eigenvalue weighted by molar-refractivity contribution is 5.94. The topological polar surface area (TPSA) is 96.7 Å². The van der Waals surface area contributed by atoms with Crippen LogP contribution < -0.4 is 0 Å². The summed E-state index contributed by atoms with van der Waals surface area (Å²) in [5.74, 6) is -0.114. The third-order valence-corrected chi connectivity index (χ3v) is 5.00. The quantitative estimate of drug-likeness (QED) is 0.736. The van der Waals surface area contributed by atoms with Crippen LogP contribution in [0.25, 0.3) is 0 Å². The maximum Gasteiger partial charge on any atom is 0.344 e. The Kier molecular flexibility index (Phi) is 7.86. The SMILES string of the molecule is CC.O=C(c1cnn(C(=O)N2CCN(Cc3ccncn3)CC2)c1)N1CCOCC1. The number of piperazine rings is 1. The van der Waals surface area contributed by atoms with Gasteiger partial charge in [-0.05, 0) is 6.07 Å². The van der Waals surface area contributed by atoms with E-state index in [1.54, 1.807) is 22.3 Å². The minimum Gasteiger partial charge on any atom is -0.378 e. The molecule has 2 fully saturated rings. The fourth-order valence-electron chi connectivity index (χ4n) is 3.37. The molecule has 0 spiro atoms. The molecule has 4 heterocycles. The van der Waals surface area contributed by atoms with Gasteiger partial charge in [0.25, 0.3) is 5.91 Å². The van der Waals surface area contributed by atoms with Crippen molar-refractivity contribution in [1.82, 2.24) is 34.4 Å². The molecule has 2 aliphatic heterocycles. The normalized spacial score (nSPS) is 17.3. The van der Waals surface area contributed by atoms with Crippen LogP contribution in [-0.2, 0) is 11.3 Å². The minimum absolute atomic E-state index is 0.114. The number of carbonyl (C=O) groups excluding carboxylic acids is 2. The molecule has 0 radical (unpaired) electrons. The van der Waals surface area contributed by atoms with Gasteiger partial charge in [-0.15, -0.1) is 0 Å². The minimum atomic E-state index is -0.206. The standard InChI is InChI=1S/C18H23N7O3.C2H6/c26-17(23-7-9-28-10-8-23)15-11-21-25(12-15)18(27)24-5-3-22(4-6-24)13-16-1-2-19-14-20-16;1-2/h1-2,11-12,14H,3-10,13H2;1-2H3. The first-order valence-corrected chi connectivity index (χ1v) is 10.4. The van der Waals surface area contributed by atoms with Crippen molar-refractivity contribution in [3.05, 3.63) is 42.2 Å². The van der Waals surface area contributed by atoms with Crippen molar-refractivity contribution in [2.24, 2.45) is 0 Å². The van der Waals surface area contributed by atoms with Gasteiger partial charge in [0, 0.05) is 58.2 Å². The van der Waals surface area contributed by atoms with Crippen LogP contribution in [0.3, 0.4) is 0 Å². The zero-order chi connectivity index (χ0) is 21.3. The summed E-state index contributed by atoms with van der Waals surface area (Å²) in [6.07, 6.45) is 6.26. The fourth-order valence-corrected chi connectivity index (χ4v) is 3.37. The van der Waals surface area contributed by atoms with Gasteiger partial charge in [0.15, 0.2) is 0 Å². The maximum absolute atomic E-state index is 12.7. The number of nitrogens with zero attached hydrogens (tertiary/aromatic N) is 7. The van der Waals surface area contributed by atoms with E-state index < -0.39 is 0 Å². The van der Waals surface area contributed by atoms with Crippen LogP contribution in [-0.4, -0.2) is 98.9 Å². The third kappa shape index (κ3) is 5.39. The van der Waals surface area contributed by atoms with Gasteiger partial charge < -0.3 is 14.5 Å². The molecule has 0 aliphatic carbocycles. The van der Waals surface area contributed by atoms with Crippen LogP contribution in [0.5, 0.6) is 0 Å². The van der Waals surface area contributed by atoms with E-state index in [-0.39, 0.29) is 11.9 Å². The van der Waals surface area contributed by atoms with E-state index in [1.165, 1.54) is 17.1 Å². The number of ether oxygens (including phenoxy) is 1. The van der Waals surface area contributed by atoms with E-state index in [0.717, 1.165) is 25.3 Å². The summed E-state index contributed by atoms with van der Waals surface area (Å²) in [6.45, 7) is 9.68. The maximum atomic E-state index is 12.7. The van der Waals surface area contributed by atoms with Gasteiger partial charge in [-0.3, -0.25) is 9.69 Å². The number of hydrogen-bond donors (Lipinski definition) is 0. The number of carbonyl (C=O) groups is 2. The van der Waals surface area contributed by atoms with Gasteiger partial charge in [-0.1, -0.05) is 13.8 Å². The molecule has 2 aliphatic rings. The second kappa shape index (κ2) is 10.8. The zero-order valence-electron chi connectivity index (χ0n) is 17.6. The molecule has 0 unspecified atom stereocenters. The van der Waals surface area contributed by atoms with E-state index in [1.807, 2.05) is 19.9 Å². The highest BCUT2D eigenvalue weighted by Crippen LogP contribution is 2.10. The van der Waals surface area contributed by atoms with Crippen LogP contribution in [0.1, 0.15) is 29.9 Å².